The van der Waals surface area contributed by atoms with Gasteiger partial charge >= 0.3 is 0 Å². The quantitative estimate of drug-likeness (QED) is 0.849. The van der Waals surface area contributed by atoms with Gasteiger partial charge in [0.15, 0.2) is 5.82 Å². The molecule has 2 N–H and O–H groups in total. The van der Waals surface area contributed by atoms with Crippen molar-refractivity contribution in [1.29, 1.82) is 0 Å². The van der Waals surface area contributed by atoms with Gasteiger partial charge in [0.1, 0.15) is 0 Å². The van der Waals surface area contributed by atoms with Crippen molar-refractivity contribution in [3.63, 3.8) is 0 Å². The van der Waals surface area contributed by atoms with Crippen LogP contribution >= 0.6 is 0 Å². The minimum Gasteiger partial charge on any atom is -0.352 e. The Morgan fingerprint density at radius 2 is 2.45 bits per heavy atom. The second-order valence-corrected chi connectivity index (χ2v) is 4.88. The Hall–Kier alpha value is -2.21. The first-order chi connectivity index (χ1) is 9.83. The number of nitrogens with zero attached hydrogens (tertiary/aromatic N) is 3. The SMILES string of the molecule is O=C(NCc1ccnc(-n2cccn2)c1)C1CCNC1. The lowest BCUT2D eigenvalue weighted by Crippen LogP contribution is -2.31. The molecule has 0 spiro atoms. The molecule has 0 radical (unpaired) electrons. The molecule has 3 heterocycles. The van der Waals surface area contributed by atoms with E-state index in [4.69, 9.17) is 0 Å². The molecule has 0 bridgehead atoms. The van der Waals surface area contributed by atoms with Gasteiger partial charge in [-0.15, -0.1) is 0 Å². The van der Waals surface area contributed by atoms with Gasteiger partial charge in [-0.3, -0.25) is 4.79 Å². The minimum absolute atomic E-state index is 0.0995. The Balaban J connectivity index is 1.63. The highest BCUT2D eigenvalue weighted by Crippen LogP contribution is 2.09. The van der Waals surface area contributed by atoms with Crippen molar-refractivity contribution in [2.45, 2.75) is 13.0 Å². The molecular formula is C14H17N5O. The van der Waals surface area contributed by atoms with Crippen LogP contribution in [0.2, 0.25) is 0 Å². The molecule has 1 fully saturated rings. The number of rotatable bonds is 4. The fourth-order valence-corrected chi connectivity index (χ4v) is 2.31. The van der Waals surface area contributed by atoms with Crippen LogP contribution in [0.5, 0.6) is 0 Å². The molecule has 2 aromatic rings. The van der Waals surface area contributed by atoms with E-state index in [0.717, 1.165) is 30.9 Å². The van der Waals surface area contributed by atoms with E-state index < -0.39 is 0 Å². The summed E-state index contributed by atoms with van der Waals surface area (Å²) in [5, 5.41) is 10.3. The monoisotopic (exact) mass is 271 g/mol. The van der Waals surface area contributed by atoms with Crippen molar-refractivity contribution < 1.29 is 4.79 Å². The third kappa shape index (κ3) is 2.85. The molecule has 0 aromatic carbocycles. The molecule has 1 unspecified atom stereocenters. The molecule has 104 valence electrons. The van der Waals surface area contributed by atoms with E-state index in [9.17, 15) is 4.79 Å². The molecule has 1 saturated heterocycles. The molecule has 2 aromatic heterocycles. The smallest absolute Gasteiger partial charge is 0.224 e. The summed E-state index contributed by atoms with van der Waals surface area (Å²) in [7, 11) is 0. The highest BCUT2D eigenvalue weighted by molar-refractivity contribution is 5.79. The zero-order chi connectivity index (χ0) is 13.8. The maximum atomic E-state index is 11.9. The molecule has 1 aliphatic heterocycles. The van der Waals surface area contributed by atoms with Crippen LogP contribution in [0.3, 0.4) is 0 Å². The number of aromatic nitrogens is 3. The van der Waals surface area contributed by atoms with Crippen LogP contribution in [0, 0.1) is 5.92 Å². The third-order valence-corrected chi connectivity index (χ3v) is 3.45. The molecular weight excluding hydrogens is 254 g/mol. The highest BCUT2D eigenvalue weighted by Gasteiger charge is 2.21. The molecule has 6 nitrogen and oxygen atoms in total. The lowest BCUT2D eigenvalue weighted by Gasteiger charge is -2.10. The van der Waals surface area contributed by atoms with Gasteiger partial charge in [-0.2, -0.15) is 5.10 Å². The van der Waals surface area contributed by atoms with Gasteiger partial charge in [-0.1, -0.05) is 0 Å². The highest BCUT2D eigenvalue weighted by atomic mass is 16.1. The third-order valence-electron chi connectivity index (χ3n) is 3.45. The second-order valence-electron chi connectivity index (χ2n) is 4.88. The Morgan fingerprint density at radius 3 is 3.20 bits per heavy atom. The fraction of sp³-hybridized carbons (Fsp3) is 0.357. The first kappa shape index (κ1) is 12.8. The van der Waals surface area contributed by atoms with Gasteiger partial charge < -0.3 is 10.6 Å². The normalized spacial score (nSPS) is 18.1. The number of amides is 1. The summed E-state index contributed by atoms with van der Waals surface area (Å²) in [6.45, 7) is 2.23. The van der Waals surface area contributed by atoms with Crippen molar-refractivity contribution in [1.82, 2.24) is 25.4 Å². The fourth-order valence-electron chi connectivity index (χ4n) is 2.31. The summed E-state index contributed by atoms with van der Waals surface area (Å²) in [6, 6.07) is 5.68. The average molecular weight is 271 g/mol. The molecule has 1 amide bonds. The van der Waals surface area contributed by atoms with Gasteiger partial charge in [0.2, 0.25) is 5.91 Å². The zero-order valence-electron chi connectivity index (χ0n) is 11.1. The zero-order valence-corrected chi connectivity index (χ0v) is 11.1. The number of carbonyl (C=O) groups excluding carboxylic acids is 1. The summed E-state index contributed by atoms with van der Waals surface area (Å²) in [4.78, 5) is 16.2. The Kier molecular flexibility index (Phi) is 3.73. The van der Waals surface area contributed by atoms with Crippen molar-refractivity contribution in [2.24, 2.45) is 5.92 Å². The van der Waals surface area contributed by atoms with Crippen molar-refractivity contribution in [3.8, 4) is 5.82 Å². The lowest BCUT2D eigenvalue weighted by molar-refractivity contribution is -0.124. The summed E-state index contributed by atoms with van der Waals surface area (Å²) >= 11 is 0. The van der Waals surface area contributed by atoms with Crippen LogP contribution in [-0.4, -0.2) is 33.8 Å². The summed E-state index contributed by atoms with van der Waals surface area (Å²) in [5.74, 6) is 0.971. The van der Waals surface area contributed by atoms with Gasteiger partial charge in [0, 0.05) is 31.7 Å². The number of pyridine rings is 1. The molecule has 6 heteroatoms. The molecule has 1 aliphatic rings. The predicted molar refractivity (Wildman–Crippen MR) is 74.2 cm³/mol. The van der Waals surface area contributed by atoms with E-state index in [-0.39, 0.29) is 11.8 Å². The van der Waals surface area contributed by atoms with E-state index in [2.05, 4.69) is 20.7 Å². The van der Waals surface area contributed by atoms with E-state index in [1.54, 1.807) is 17.1 Å². The Labute approximate surface area is 117 Å². The van der Waals surface area contributed by atoms with E-state index >= 15 is 0 Å². The minimum atomic E-state index is 0.0995. The van der Waals surface area contributed by atoms with E-state index in [0.29, 0.717) is 6.54 Å². The predicted octanol–water partition coefficient (Wildman–Crippen LogP) is 0.493. The first-order valence-electron chi connectivity index (χ1n) is 6.76. The Bertz CT molecular complexity index is 575. The topological polar surface area (TPSA) is 71.8 Å². The summed E-state index contributed by atoms with van der Waals surface area (Å²) in [6.07, 6.45) is 6.20. The number of carbonyl (C=O) groups is 1. The van der Waals surface area contributed by atoms with Crippen molar-refractivity contribution in [2.75, 3.05) is 13.1 Å². The second kappa shape index (κ2) is 5.83. The van der Waals surface area contributed by atoms with Crippen LogP contribution in [0.4, 0.5) is 0 Å². The first-order valence-corrected chi connectivity index (χ1v) is 6.76. The number of hydrogen-bond donors (Lipinski definition) is 2. The van der Waals surface area contributed by atoms with Crippen LogP contribution in [0.25, 0.3) is 5.82 Å². The van der Waals surface area contributed by atoms with Gasteiger partial charge in [-0.05, 0) is 36.7 Å². The summed E-state index contributed by atoms with van der Waals surface area (Å²) in [5.41, 5.74) is 1.02. The van der Waals surface area contributed by atoms with E-state index in [1.165, 1.54) is 0 Å². The van der Waals surface area contributed by atoms with Gasteiger partial charge in [-0.25, -0.2) is 9.67 Å². The standard InChI is InChI=1S/C14H17N5O/c20-14(12-3-5-15-10-12)17-9-11-2-6-16-13(8-11)19-7-1-4-18-19/h1-2,4,6-8,12,15H,3,5,9-10H2,(H,17,20). The van der Waals surface area contributed by atoms with Gasteiger partial charge in [0.25, 0.3) is 0 Å². The van der Waals surface area contributed by atoms with Crippen molar-refractivity contribution >= 4 is 5.91 Å². The molecule has 3 rings (SSSR count). The van der Waals surface area contributed by atoms with Crippen LogP contribution in [-0.2, 0) is 11.3 Å². The lowest BCUT2D eigenvalue weighted by atomic mass is 10.1. The van der Waals surface area contributed by atoms with Crippen LogP contribution in [0.1, 0.15) is 12.0 Å². The number of hydrogen-bond acceptors (Lipinski definition) is 4. The molecule has 0 aliphatic carbocycles. The maximum Gasteiger partial charge on any atom is 0.224 e. The summed E-state index contributed by atoms with van der Waals surface area (Å²) < 4.78 is 1.70. The largest absolute Gasteiger partial charge is 0.352 e. The number of nitrogens with one attached hydrogen (secondary N) is 2. The molecule has 0 saturated carbocycles. The van der Waals surface area contributed by atoms with Crippen LogP contribution in [0.15, 0.2) is 36.8 Å². The maximum absolute atomic E-state index is 11.9. The van der Waals surface area contributed by atoms with Crippen molar-refractivity contribution in [3.05, 3.63) is 42.4 Å². The molecule has 20 heavy (non-hydrogen) atoms. The molecule has 1 atom stereocenters. The average Bonchev–Trinajstić information content (AvgIpc) is 3.17. The van der Waals surface area contributed by atoms with Gasteiger partial charge in [0.05, 0.1) is 5.92 Å². The van der Waals surface area contributed by atoms with E-state index in [1.807, 2.05) is 24.4 Å². The Morgan fingerprint density at radius 1 is 1.50 bits per heavy atom. The van der Waals surface area contributed by atoms with Crippen LogP contribution < -0.4 is 10.6 Å².